The summed E-state index contributed by atoms with van der Waals surface area (Å²) in [5.74, 6) is 0.834. The number of amides is 1. The Labute approximate surface area is 168 Å². The Morgan fingerprint density at radius 1 is 1.32 bits per heavy atom. The molecule has 4 rings (SSSR count). The molecule has 1 saturated heterocycles. The molecule has 1 unspecified atom stereocenters. The molecular weight excluding hydrogens is 374 g/mol. The second-order valence-electron chi connectivity index (χ2n) is 7.49. The lowest BCUT2D eigenvalue weighted by Gasteiger charge is -2.37. The van der Waals surface area contributed by atoms with Crippen LogP contribution < -0.4 is 10.1 Å². The number of hydrogen-bond donors (Lipinski definition) is 1. The zero-order valence-electron chi connectivity index (χ0n) is 16.3. The molecule has 2 aromatic rings. The van der Waals surface area contributed by atoms with E-state index in [0.29, 0.717) is 42.1 Å². The SMILES string of the molecule is CCNc1nc(C)c(C(=O)N2CCCC3(CC2)CC(=O)c2ccccc2O3)s1. The zero-order valence-corrected chi connectivity index (χ0v) is 17.1. The van der Waals surface area contributed by atoms with Crippen molar-refractivity contribution in [2.24, 2.45) is 0 Å². The fourth-order valence-electron chi connectivity index (χ4n) is 4.06. The van der Waals surface area contributed by atoms with Gasteiger partial charge in [0.2, 0.25) is 0 Å². The lowest BCUT2D eigenvalue weighted by atomic mass is 9.84. The van der Waals surface area contributed by atoms with Crippen LogP contribution in [0.3, 0.4) is 0 Å². The molecule has 1 N–H and O–H groups in total. The molecule has 1 aromatic carbocycles. The quantitative estimate of drug-likeness (QED) is 0.847. The van der Waals surface area contributed by atoms with E-state index in [-0.39, 0.29) is 11.7 Å². The van der Waals surface area contributed by atoms with Gasteiger partial charge >= 0.3 is 0 Å². The van der Waals surface area contributed by atoms with Gasteiger partial charge in [-0.2, -0.15) is 0 Å². The van der Waals surface area contributed by atoms with Crippen molar-refractivity contribution in [2.75, 3.05) is 25.0 Å². The van der Waals surface area contributed by atoms with E-state index in [1.54, 1.807) is 0 Å². The Morgan fingerprint density at radius 2 is 2.14 bits per heavy atom. The molecule has 1 atom stereocenters. The highest BCUT2D eigenvalue weighted by Gasteiger charge is 2.42. The highest BCUT2D eigenvalue weighted by Crippen LogP contribution is 2.39. The van der Waals surface area contributed by atoms with Crippen LogP contribution in [0.5, 0.6) is 5.75 Å². The summed E-state index contributed by atoms with van der Waals surface area (Å²) in [6, 6.07) is 7.45. The van der Waals surface area contributed by atoms with Gasteiger partial charge in [0, 0.05) is 26.1 Å². The molecule has 148 valence electrons. The second kappa shape index (κ2) is 7.54. The van der Waals surface area contributed by atoms with Crippen molar-refractivity contribution >= 4 is 28.2 Å². The maximum Gasteiger partial charge on any atom is 0.265 e. The third kappa shape index (κ3) is 3.51. The summed E-state index contributed by atoms with van der Waals surface area (Å²) in [5.41, 5.74) is 0.933. The normalized spacial score (nSPS) is 21.8. The summed E-state index contributed by atoms with van der Waals surface area (Å²) in [6.45, 7) is 5.93. The van der Waals surface area contributed by atoms with E-state index < -0.39 is 5.60 Å². The molecule has 1 spiro atoms. The van der Waals surface area contributed by atoms with Gasteiger partial charge in [-0.3, -0.25) is 9.59 Å². The summed E-state index contributed by atoms with van der Waals surface area (Å²) in [4.78, 5) is 32.8. The highest BCUT2D eigenvalue weighted by molar-refractivity contribution is 7.17. The third-order valence-corrected chi connectivity index (χ3v) is 6.60. The molecule has 3 heterocycles. The number of carbonyl (C=O) groups is 2. The van der Waals surface area contributed by atoms with E-state index in [9.17, 15) is 9.59 Å². The van der Waals surface area contributed by atoms with Gasteiger partial charge in [0.15, 0.2) is 10.9 Å². The first-order valence-corrected chi connectivity index (χ1v) is 10.6. The van der Waals surface area contributed by atoms with E-state index in [2.05, 4.69) is 10.3 Å². The molecule has 1 aromatic heterocycles. The molecular formula is C21H25N3O3S. The lowest BCUT2D eigenvalue weighted by molar-refractivity contribution is 0.0300. The minimum Gasteiger partial charge on any atom is -0.486 e. The molecule has 0 saturated carbocycles. The fourth-order valence-corrected chi connectivity index (χ4v) is 5.06. The van der Waals surface area contributed by atoms with Crippen molar-refractivity contribution in [1.29, 1.82) is 0 Å². The number of ether oxygens (including phenoxy) is 1. The lowest BCUT2D eigenvalue weighted by Crippen LogP contribution is -2.43. The number of hydrogen-bond acceptors (Lipinski definition) is 6. The largest absolute Gasteiger partial charge is 0.486 e. The Bertz CT molecular complexity index is 910. The standard InChI is InChI=1S/C21H25N3O3S/c1-3-22-20-23-14(2)18(28-20)19(26)24-11-6-9-21(10-12-24)13-16(25)15-7-4-5-8-17(15)27-21/h4-5,7-8H,3,6,9-13H2,1-2H3,(H,22,23). The summed E-state index contributed by atoms with van der Waals surface area (Å²) in [7, 11) is 0. The molecule has 2 aliphatic rings. The van der Waals surface area contributed by atoms with Gasteiger partial charge in [-0.05, 0) is 38.8 Å². The van der Waals surface area contributed by atoms with E-state index in [0.717, 1.165) is 30.2 Å². The molecule has 1 fully saturated rings. The van der Waals surface area contributed by atoms with Crippen LogP contribution in [-0.4, -0.2) is 46.8 Å². The van der Waals surface area contributed by atoms with E-state index in [1.807, 2.05) is 43.0 Å². The maximum atomic E-state index is 13.1. The van der Waals surface area contributed by atoms with Crippen LogP contribution in [0.25, 0.3) is 0 Å². The number of benzene rings is 1. The monoisotopic (exact) mass is 399 g/mol. The van der Waals surface area contributed by atoms with Gasteiger partial charge in [0.25, 0.3) is 5.91 Å². The van der Waals surface area contributed by atoms with Crippen LogP contribution in [0.4, 0.5) is 5.13 Å². The number of aryl methyl sites for hydroxylation is 1. The predicted octanol–water partition coefficient (Wildman–Crippen LogP) is 3.91. The Morgan fingerprint density at radius 3 is 2.96 bits per heavy atom. The molecule has 0 radical (unpaired) electrons. The van der Waals surface area contributed by atoms with Crippen molar-refractivity contribution < 1.29 is 14.3 Å². The number of nitrogens with one attached hydrogen (secondary N) is 1. The predicted molar refractivity (Wildman–Crippen MR) is 110 cm³/mol. The Kier molecular flexibility index (Phi) is 5.10. The number of likely N-dealkylation sites (tertiary alicyclic amines) is 1. The van der Waals surface area contributed by atoms with Crippen LogP contribution in [0, 0.1) is 6.92 Å². The average Bonchev–Trinajstić information content (AvgIpc) is 2.92. The van der Waals surface area contributed by atoms with Crippen LogP contribution >= 0.6 is 11.3 Å². The number of aromatic nitrogens is 1. The summed E-state index contributed by atoms with van der Waals surface area (Å²) in [5, 5.41) is 3.96. The topological polar surface area (TPSA) is 71.5 Å². The van der Waals surface area contributed by atoms with Crippen molar-refractivity contribution in [1.82, 2.24) is 9.88 Å². The minimum atomic E-state index is -0.502. The van der Waals surface area contributed by atoms with Crippen molar-refractivity contribution in [2.45, 2.75) is 45.1 Å². The molecule has 6 nitrogen and oxygen atoms in total. The third-order valence-electron chi connectivity index (χ3n) is 5.50. The van der Waals surface area contributed by atoms with Gasteiger partial charge in [-0.15, -0.1) is 0 Å². The van der Waals surface area contributed by atoms with Crippen molar-refractivity contribution in [3.63, 3.8) is 0 Å². The average molecular weight is 400 g/mol. The molecule has 2 aliphatic heterocycles. The highest BCUT2D eigenvalue weighted by atomic mass is 32.1. The Hall–Kier alpha value is -2.41. The number of Topliss-reactive ketones (excluding diaryl/α,β-unsaturated/α-hetero) is 1. The van der Waals surface area contributed by atoms with E-state index in [1.165, 1.54) is 11.3 Å². The number of carbonyl (C=O) groups excluding carboxylic acids is 2. The first kappa shape index (κ1) is 18.9. The van der Waals surface area contributed by atoms with Gasteiger partial charge in [-0.25, -0.2) is 4.98 Å². The Balaban J connectivity index is 1.50. The number of thiazole rings is 1. The first-order chi connectivity index (χ1) is 13.5. The van der Waals surface area contributed by atoms with Crippen LogP contribution in [0.1, 0.15) is 58.3 Å². The smallest absolute Gasteiger partial charge is 0.265 e. The number of para-hydroxylation sites is 1. The number of nitrogens with zero attached hydrogens (tertiary/aromatic N) is 2. The van der Waals surface area contributed by atoms with E-state index in [4.69, 9.17) is 4.74 Å². The number of ketones is 1. The minimum absolute atomic E-state index is 0.0266. The summed E-state index contributed by atoms with van der Waals surface area (Å²) < 4.78 is 6.33. The maximum absolute atomic E-state index is 13.1. The van der Waals surface area contributed by atoms with Crippen LogP contribution in [0.2, 0.25) is 0 Å². The molecule has 7 heteroatoms. The first-order valence-electron chi connectivity index (χ1n) is 9.83. The molecule has 0 bridgehead atoms. The van der Waals surface area contributed by atoms with Crippen molar-refractivity contribution in [3.8, 4) is 5.75 Å². The van der Waals surface area contributed by atoms with Gasteiger partial charge < -0.3 is 15.0 Å². The van der Waals surface area contributed by atoms with Crippen molar-refractivity contribution in [3.05, 3.63) is 40.4 Å². The van der Waals surface area contributed by atoms with Gasteiger partial charge in [0.1, 0.15) is 16.2 Å². The molecule has 28 heavy (non-hydrogen) atoms. The molecule has 1 amide bonds. The number of rotatable bonds is 3. The molecule has 0 aliphatic carbocycles. The van der Waals surface area contributed by atoms with Gasteiger partial charge in [-0.1, -0.05) is 23.5 Å². The summed E-state index contributed by atoms with van der Waals surface area (Å²) >= 11 is 1.41. The van der Waals surface area contributed by atoms with E-state index >= 15 is 0 Å². The fraction of sp³-hybridized carbons (Fsp3) is 0.476. The van der Waals surface area contributed by atoms with Gasteiger partial charge in [0.05, 0.1) is 17.7 Å². The number of anilines is 1. The van der Waals surface area contributed by atoms with Crippen LogP contribution in [-0.2, 0) is 0 Å². The van der Waals surface area contributed by atoms with Crippen LogP contribution in [0.15, 0.2) is 24.3 Å². The summed E-state index contributed by atoms with van der Waals surface area (Å²) in [6.07, 6.45) is 2.65. The second-order valence-corrected chi connectivity index (χ2v) is 8.49. The number of fused-ring (bicyclic) bond motifs is 1. The zero-order chi connectivity index (χ0) is 19.7.